The van der Waals surface area contributed by atoms with Crippen LogP contribution in [0.5, 0.6) is 0 Å². The third kappa shape index (κ3) is 2.54. The van der Waals surface area contributed by atoms with Crippen molar-refractivity contribution in [3.63, 3.8) is 0 Å². The van der Waals surface area contributed by atoms with E-state index >= 15 is 0 Å². The van der Waals surface area contributed by atoms with Crippen molar-refractivity contribution in [1.82, 2.24) is 10.2 Å². The molecular formula is C11H12F3N2. The molecule has 2 rings (SSSR count). The first kappa shape index (κ1) is 11.4. The first-order chi connectivity index (χ1) is 7.57. The first-order valence-electron chi connectivity index (χ1n) is 5.11. The molecule has 1 aromatic rings. The van der Waals surface area contributed by atoms with Crippen LogP contribution < -0.4 is 5.32 Å². The highest BCUT2D eigenvalue weighted by Crippen LogP contribution is 2.27. The van der Waals surface area contributed by atoms with Crippen LogP contribution >= 0.6 is 0 Å². The van der Waals surface area contributed by atoms with Crippen LogP contribution in [0.4, 0.5) is 13.2 Å². The predicted molar refractivity (Wildman–Crippen MR) is 53.8 cm³/mol. The van der Waals surface area contributed by atoms with Gasteiger partial charge in [0.2, 0.25) is 0 Å². The fourth-order valence-electron chi connectivity index (χ4n) is 1.81. The Hall–Kier alpha value is -1.07. The summed E-state index contributed by atoms with van der Waals surface area (Å²) in [6, 6.07) is 8.74. The number of hydrogen-bond acceptors (Lipinski definition) is 1. The highest BCUT2D eigenvalue weighted by molar-refractivity contribution is 5.19. The lowest BCUT2D eigenvalue weighted by molar-refractivity contribution is -0.251. The number of alkyl halides is 3. The minimum atomic E-state index is -4.25. The summed E-state index contributed by atoms with van der Waals surface area (Å²) in [4.78, 5) is 0.525. The number of benzene rings is 1. The van der Waals surface area contributed by atoms with Crippen LogP contribution in [0.2, 0.25) is 0 Å². The molecule has 1 aromatic carbocycles. The van der Waals surface area contributed by atoms with Crippen LogP contribution in [-0.2, 0) is 0 Å². The van der Waals surface area contributed by atoms with Crippen LogP contribution in [0.25, 0.3) is 0 Å². The third-order valence-electron chi connectivity index (χ3n) is 2.66. The van der Waals surface area contributed by atoms with E-state index in [1.54, 1.807) is 0 Å². The maximum absolute atomic E-state index is 12.5. The van der Waals surface area contributed by atoms with Crippen molar-refractivity contribution in [2.24, 2.45) is 0 Å². The van der Waals surface area contributed by atoms with Crippen LogP contribution in [0, 0.1) is 0 Å². The minimum Gasteiger partial charge on any atom is -0.231 e. The molecular weight excluding hydrogens is 217 g/mol. The van der Waals surface area contributed by atoms with Crippen molar-refractivity contribution >= 4 is 0 Å². The maximum Gasteiger partial charge on any atom is 0.460 e. The van der Waals surface area contributed by atoms with Crippen molar-refractivity contribution in [1.29, 1.82) is 0 Å². The lowest BCUT2D eigenvalue weighted by Gasteiger charge is -2.33. The van der Waals surface area contributed by atoms with Crippen molar-refractivity contribution in [3.05, 3.63) is 35.9 Å². The molecule has 0 amide bonds. The molecule has 87 valence electrons. The van der Waals surface area contributed by atoms with Crippen LogP contribution in [0.15, 0.2) is 30.3 Å². The van der Waals surface area contributed by atoms with Gasteiger partial charge in [0.25, 0.3) is 0 Å². The van der Waals surface area contributed by atoms with Crippen molar-refractivity contribution < 1.29 is 13.2 Å². The monoisotopic (exact) mass is 229 g/mol. The summed E-state index contributed by atoms with van der Waals surface area (Å²) in [5.74, 6) is 0. The molecule has 5 heteroatoms. The molecule has 1 radical (unpaired) electrons. The largest absolute Gasteiger partial charge is 0.460 e. The van der Waals surface area contributed by atoms with Gasteiger partial charge in [-0.05, 0) is 5.56 Å². The normalized spacial score (nSPS) is 23.3. The number of piperazine rings is 1. The first-order valence-corrected chi connectivity index (χ1v) is 5.11. The summed E-state index contributed by atoms with van der Waals surface area (Å²) in [6.07, 6.45) is -4.25. The SMILES string of the molecule is FC(F)(F)N1CC[N]C(c2ccccc2)C1. The standard InChI is InChI=1S/C11H12F3N2/c12-11(13,14)16-7-6-15-10(8-16)9-4-2-1-3-5-9/h1-5,10H,6-8H2. The van der Waals surface area contributed by atoms with E-state index in [1.165, 1.54) is 0 Å². The molecule has 0 N–H and O–H groups in total. The predicted octanol–water partition coefficient (Wildman–Crippen LogP) is 2.17. The second-order valence-corrected chi connectivity index (χ2v) is 3.75. The molecule has 0 saturated carbocycles. The van der Waals surface area contributed by atoms with E-state index in [1.807, 2.05) is 30.3 Å². The molecule has 0 bridgehead atoms. The van der Waals surface area contributed by atoms with Gasteiger partial charge in [-0.3, -0.25) is 0 Å². The molecule has 1 atom stereocenters. The zero-order chi connectivity index (χ0) is 11.6. The van der Waals surface area contributed by atoms with Gasteiger partial charge in [-0.15, -0.1) is 0 Å². The number of hydrogen-bond donors (Lipinski definition) is 0. The van der Waals surface area contributed by atoms with E-state index in [0.29, 0.717) is 4.90 Å². The van der Waals surface area contributed by atoms with Gasteiger partial charge in [0.05, 0.1) is 6.04 Å². The van der Waals surface area contributed by atoms with Gasteiger partial charge < -0.3 is 0 Å². The fraction of sp³-hybridized carbons (Fsp3) is 0.455. The van der Waals surface area contributed by atoms with E-state index in [4.69, 9.17) is 0 Å². The topological polar surface area (TPSA) is 17.3 Å². The summed E-state index contributed by atoms with van der Waals surface area (Å²) in [7, 11) is 0. The Morgan fingerprint density at radius 1 is 1.19 bits per heavy atom. The Kier molecular flexibility index (Phi) is 3.16. The third-order valence-corrected chi connectivity index (χ3v) is 2.66. The molecule has 1 saturated heterocycles. The Labute approximate surface area is 92.1 Å². The smallest absolute Gasteiger partial charge is 0.231 e. The van der Waals surface area contributed by atoms with Gasteiger partial charge in [0, 0.05) is 19.6 Å². The second kappa shape index (κ2) is 4.43. The molecule has 16 heavy (non-hydrogen) atoms. The van der Waals surface area contributed by atoms with Crippen LogP contribution in [-0.4, -0.2) is 30.8 Å². The summed E-state index contributed by atoms with van der Waals surface area (Å²) >= 11 is 0. The zero-order valence-corrected chi connectivity index (χ0v) is 8.61. The van der Waals surface area contributed by atoms with Crippen LogP contribution in [0.1, 0.15) is 11.6 Å². The minimum absolute atomic E-state index is 0.0349. The maximum atomic E-state index is 12.5. The highest BCUT2D eigenvalue weighted by atomic mass is 19.4. The molecule has 1 fully saturated rings. The lowest BCUT2D eigenvalue weighted by Crippen LogP contribution is -2.49. The number of rotatable bonds is 1. The molecule has 1 unspecified atom stereocenters. The molecule has 0 aromatic heterocycles. The molecule has 0 aliphatic carbocycles. The van der Waals surface area contributed by atoms with Crippen molar-refractivity contribution in [3.8, 4) is 0 Å². The summed E-state index contributed by atoms with van der Waals surface area (Å²) in [6.45, 7) is 0.124. The van der Waals surface area contributed by atoms with E-state index < -0.39 is 6.30 Å². The Bertz CT molecular complexity index is 337. The Balaban J connectivity index is 2.08. The van der Waals surface area contributed by atoms with E-state index in [2.05, 4.69) is 5.32 Å². The zero-order valence-electron chi connectivity index (χ0n) is 8.61. The molecule has 1 heterocycles. The van der Waals surface area contributed by atoms with Crippen LogP contribution in [0.3, 0.4) is 0 Å². The van der Waals surface area contributed by atoms with Crippen molar-refractivity contribution in [2.45, 2.75) is 12.3 Å². The average Bonchev–Trinajstić information content (AvgIpc) is 2.29. The number of halogens is 3. The van der Waals surface area contributed by atoms with E-state index in [9.17, 15) is 13.2 Å². The average molecular weight is 229 g/mol. The lowest BCUT2D eigenvalue weighted by atomic mass is 10.1. The summed E-state index contributed by atoms with van der Waals surface area (Å²) in [5, 5.41) is 4.22. The highest BCUT2D eigenvalue weighted by Gasteiger charge is 2.40. The van der Waals surface area contributed by atoms with Gasteiger partial charge >= 0.3 is 6.30 Å². The van der Waals surface area contributed by atoms with Gasteiger partial charge in [-0.1, -0.05) is 30.3 Å². The van der Waals surface area contributed by atoms with Gasteiger partial charge in [0.1, 0.15) is 0 Å². The van der Waals surface area contributed by atoms with Gasteiger partial charge in [-0.25, -0.2) is 10.2 Å². The number of nitrogens with zero attached hydrogens (tertiary/aromatic N) is 2. The Morgan fingerprint density at radius 2 is 1.88 bits per heavy atom. The van der Waals surface area contributed by atoms with Gasteiger partial charge in [0.15, 0.2) is 0 Å². The van der Waals surface area contributed by atoms with E-state index in [0.717, 1.165) is 5.56 Å². The van der Waals surface area contributed by atoms with E-state index in [-0.39, 0.29) is 25.7 Å². The Morgan fingerprint density at radius 3 is 2.50 bits per heavy atom. The second-order valence-electron chi connectivity index (χ2n) is 3.75. The summed E-state index contributed by atoms with van der Waals surface area (Å²) in [5.41, 5.74) is 0.844. The quantitative estimate of drug-likeness (QED) is 0.674. The summed E-state index contributed by atoms with van der Waals surface area (Å²) < 4.78 is 37.5. The van der Waals surface area contributed by atoms with Crippen molar-refractivity contribution in [2.75, 3.05) is 19.6 Å². The molecule has 2 nitrogen and oxygen atoms in total. The molecule has 1 aliphatic heterocycles. The molecule has 1 aliphatic rings. The fourth-order valence-corrected chi connectivity index (χ4v) is 1.81. The molecule has 0 spiro atoms. The van der Waals surface area contributed by atoms with Gasteiger partial charge in [-0.2, -0.15) is 13.2 Å².